The molecule has 1 aromatic rings. The summed E-state index contributed by atoms with van der Waals surface area (Å²) in [6.07, 6.45) is 0.917. The molecule has 1 fully saturated rings. The number of ether oxygens (including phenoxy) is 1. The number of carbonyl (C=O) groups is 1. The lowest BCUT2D eigenvalue weighted by Crippen LogP contribution is -2.31. The average molecular weight is 272 g/mol. The van der Waals surface area contributed by atoms with Crippen LogP contribution in [0.15, 0.2) is 18.2 Å². The van der Waals surface area contributed by atoms with E-state index in [1.165, 1.54) is 12.1 Å². The van der Waals surface area contributed by atoms with Crippen LogP contribution in [-0.4, -0.2) is 37.1 Å². The zero-order chi connectivity index (χ0) is 13.1. The van der Waals surface area contributed by atoms with Gasteiger partial charge in [-0.1, -0.05) is 17.7 Å². The van der Waals surface area contributed by atoms with Gasteiger partial charge in [-0.2, -0.15) is 0 Å². The Kier molecular flexibility index (Phi) is 4.19. The van der Waals surface area contributed by atoms with Crippen LogP contribution in [0.1, 0.15) is 12.0 Å². The molecular weight excluding hydrogens is 257 g/mol. The van der Waals surface area contributed by atoms with Gasteiger partial charge in [-0.15, -0.1) is 0 Å². The van der Waals surface area contributed by atoms with Crippen molar-refractivity contribution in [1.82, 2.24) is 4.90 Å². The minimum Gasteiger partial charge on any atom is -0.380 e. The predicted octanol–water partition coefficient (Wildman–Crippen LogP) is 2.27. The molecule has 0 spiro atoms. The minimum absolute atomic E-state index is 0.00193. The van der Waals surface area contributed by atoms with Crippen LogP contribution in [0.25, 0.3) is 0 Å². The number of likely N-dealkylation sites (tertiary alicyclic amines) is 1. The Morgan fingerprint density at radius 3 is 3.00 bits per heavy atom. The first-order valence-corrected chi connectivity index (χ1v) is 6.23. The van der Waals surface area contributed by atoms with Gasteiger partial charge >= 0.3 is 0 Å². The maximum absolute atomic E-state index is 13.6. The summed E-state index contributed by atoms with van der Waals surface area (Å²) in [5.41, 5.74) is 0.269. The Balaban J connectivity index is 2.04. The molecule has 1 aliphatic heterocycles. The normalized spacial score (nSPS) is 19.3. The number of rotatable bonds is 3. The summed E-state index contributed by atoms with van der Waals surface area (Å²) in [4.78, 5) is 13.7. The monoisotopic (exact) mass is 271 g/mol. The number of nitrogens with zero attached hydrogens (tertiary/aromatic N) is 1. The third-order valence-corrected chi connectivity index (χ3v) is 3.57. The van der Waals surface area contributed by atoms with Crippen molar-refractivity contribution >= 4 is 17.5 Å². The lowest BCUT2D eigenvalue weighted by Gasteiger charge is -2.16. The standard InChI is InChI=1S/C13H15ClFNO2/c1-18-9-5-6-16(8-9)13(17)7-10-11(14)3-2-4-12(10)15/h2-4,9H,5-8H2,1H3/t9-/m0/s1. The van der Waals surface area contributed by atoms with E-state index in [1.54, 1.807) is 18.1 Å². The van der Waals surface area contributed by atoms with E-state index in [-0.39, 0.29) is 24.0 Å². The van der Waals surface area contributed by atoms with Crippen LogP contribution in [0.3, 0.4) is 0 Å². The Hall–Kier alpha value is -1.13. The fourth-order valence-electron chi connectivity index (χ4n) is 2.11. The number of benzene rings is 1. The molecule has 1 amide bonds. The number of amides is 1. The predicted molar refractivity (Wildman–Crippen MR) is 67.1 cm³/mol. The van der Waals surface area contributed by atoms with Gasteiger partial charge in [0.25, 0.3) is 0 Å². The summed E-state index contributed by atoms with van der Waals surface area (Å²) in [6, 6.07) is 4.44. The number of carbonyl (C=O) groups excluding carboxylic acids is 1. The first-order valence-electron chi connectivity index (χ1n) is 5.85. The summed E-state index contributed by atoms with van der Waals surface area (Å²) in [5.74, 6) is -0.542. The van der Waals surface area contributed by atoms with Crippen LogP contribution in [-0.2, 0) is 16.0 Å². The maximum Gasteiger partial charge on any atom is 0.227 e. The van der Waals surface area contributed by atoms with Crippen molar-refractivity contribution in [1.29, 1.82) is 0 Å². The number of methoxy groups -OCH3 is 1. The van der Waals surface area contributed by atoms with Crippen LogP contribution >= 0.6 is 11.6 Å². The second kappa shape index (κ2) is 5.67. The highest BCUT2D eigenvalue weighted by atomic mass is 35.5. The molecule has 0 aliphatic carbocycles. The third-order valence-electron chi connectivity index (χ3n) is 3.22. The van der Waals surface area contributed by atoms with Gasteiger partial charge in [0.05, 0.1) is 12.5 Å². The highest BCUT2D eigenvalue weighted by molar-refractivity contribution is 6.31. The molecule has 0 N–H and O–H groups in total. The Labute approximate surface area is 110 Å². The van der Waals surface area contributed by atoms with Gasteiger partial charge in [0.15, 0.2) is 0 Å². The van der Waals surface area contributed by atoms with E-state index in [2.05, 4.69) is 0 Å². The zero-order valence-corrected chi connectivity index (χ0v) is 10.9. The molecule has 5 heteroatoms. The van der Waals surface area contributed by atoms with Crippen LogP contribution in [0, 0.1) is 5.82 Å². The van der Waals surface area contributed by atoms with Gasteiger partial charge in [0, 0.05) is 30.8 Å². The fourth-order valence-corrected chi connectivity index (χ4v) is 2.34. The number of halogens is 2. The van der Waals surface area contributed by atoms with Crippen molar-refractivity contribution in [3.8, 4) is 0 Å². The smallest absolute Gasteiger partial charge is 0.227 e. The largest absolute Gasteiger partial charge is 0.380 e. The Morgan fingerprint density at radius 2 is 2.39 bits per heavy atom. The van der Waals surface area contributed by atoms with E-state index in [9.17, 15) is 9.18 Å². The maximum atomic E-state index is 13.6. The SMILES string of the molecule is CO[C@H]1CCN(C(=O)Cc2c(F)cccc2Cl)C1. The van der Waals surface area contributed by atoms with Gasteiger partial charge in [0.2, 0.25) is 5.91 Å². The third kappa shape index (κ3) is 2.82. The number of hydrogen-bond donors (Lipinski definition) is 0. The molecule has 0 radical (unpaired) electrons. The molecule has 3 nitrogen and oxygen atoms in total. The molecule has 98 valence electrons. The molecule has 0 unspecified atom stereocenters. The van der Waals surface area contributed by atoms with Gasteiger partial charge in [-0.3, -0.25) is 4.79 Å². The van der Waals surface area contributed by atoms with Gasteiger partial charge in [-0.05, 0) is 18.6 Å². The summed E-state index contributed by atoms with van der Waals surface area (Å²) in [5, 5.41) is 0.297. The quantitative estimate of drug-likeness (QED) is 0.844. The van der Waals surface area contributed by atoms with Crippen molar-refractivity contribution in [2.45, 2.75) is 18.9 Å². The van der Waals surface area contributed by atoms with E-state index < -0.39 is 5.82 Å². The van der Waals surface area contributed by atoms with E-state index >= 15 is 0 Å². The van der Waals surface area contributed by atoms with Crippen LogP contribution in [0.5, 0.6) is 0 Å². The van der Waals surface area contributed by atoms with E-state index in [1.807, 2.05) is 0 Å². The summed E-state index contributed by atoms with van der Waals surface area (Å²) in [6.45, 7) is 1.23. The molecule has 1 heterocycles. The van der Waals surface area contributed by atoms with Crippen LogP contribution in [0.2, 0.25) is 5.02 Å². The molecule has 1 saturated heterocycles. The summed E-state index contributed by atoms with van der Waals surface area (Å²) >= 11 is 5.90. The highest BCUT2D eigenvalue weighted by Crippen LogP contribution is 2.21. The fraction of sp³-hybridized carbons (Fsp3) is 0.462. The van der Waals surface area contributed by atoms with E-state index in [0.29, 0.717) is 18.1 Å². The van der Waals surface area contributed by atoms with Crippen molar-refractivity contribution in [2.75, 3.05) is 20.2 Å². The molecule has 0 saturated carbocycles. The molecule has 1 aliphatic rings. The molecule has 1 aromatic carbocycles. The van der Waals surface area contributed by atoms with Crippen LogP contribution < -0.4 is 0 Å². The topological polar surface area (TPSA) is 29.5 Å². The van der Waals surface area contributed by atoms with E-state index in [0.717, 1.165) is 6.42 Å². The summed E-state index contributed by atoms with van der Waals surface area (Å²) < 4.78 is 18.8. The van der Waals surface area contributed by atoms with E-state index in [4.69, 9.17) is 16.3 Å². The minimum atomic E-state index is -0.432. The lowest BCUT2D eigenvalue weighted by atomic mass is 10.1. The second-order valence-electron chi connectivity index (χ2n) is 4.36. The number of hydrogen-bond acceptors (Lipinski definition) is 2. The van der Waals surface area contributed by atoms with Gasteiger partial charge < -0.3 is 9.64 Å². The molecule has 0 aromatic heterocycles. The Bertz CT molecular complexity index is 432. The lowest BCUT2D eigenvalue weighted by molar-refractivity contribution is -0.129. The van der Waals surface area contributed by atoms with Crippen molar-refractivity contribution in [2.24, 2.45) is 0 Å². The first-order chi connectivity index (χ1) is 8.61. The first kappa shape index (κ1) is 13.3. The Morgan fingerprint density at radius 1 is 1.61 bits per heavy atom. The highest BCUT2D eigenvalue weighted by Gasteiger charge is 2.26. The molecule has 18 heavy (non-hydrogen) atoms. The van der Waals surface area contributed by atoms with Gasteiger partial charge in [-0.25, -0.2) is 4.39 Å². The van der Waals surface area contributed by atoms with Crippen molar-refractivity contribution in [3.63, 3.8) is 0 Å². The molecular formula is C13H15ClFNO2. The van der Waals surface area contributed by atoms with Crippen molar-refractivity contribution < 1.29 is 13.9 Å². The molecule has 2 rings (SSSR count). The zero-order valence-electron chi connectivity index (χ0n) is 10.2. The molecule has 0 bridgehead atoms. The van der Waals surface area contributed by atoms with Crippen molar-refractivity contribution in [3.05, 3.63) is 34.6 Å². The molecule has 1 atom stereocenters. The van der Waals surface area contributed by atoms with Crippen LogP contribution in [0.4, 0.5) is 4.39 Å². The van der Waals surface area contributed by atoms with Gasteiger partial charge in [0.1, 0.15) is 5.82 Å². The average Bonchev–Trinajstić information content (AvgIpc) is 2.82. The second-order valence-corrected chi connectivity index (χ2v) is 4.77. The summed E-state index contributed by atoms with van der Waals surface area (Å²) in [7, 11) is 1.63.